The molecule has 2 aromatic carbocycles. The molecule has 1 N–H and O–H groups in total. The highest BCUT2D eigenvalue weighted by Gasteiger charge is 2.35. The summed E-state index contributed by atoms with van der Waals surface area (Å²) in [4.78, 5) is 27.5. The number of benzene rings is 2. The van der Waals surface area contributed by atoms with Crippen LogP contribution in [0.25, 0.3) is 11.8 Å². The van der Waals surface area contributed by atoms with Crippen LogP contribution < -0.4 is 10.2 Å². The summed E-state index contributed by atoms with van der Waals surface area (Å²) >= 11 is 11.3. The summed E-state index contributed by atoms with van der Waals surface area (Å²) in [6.07, 6.45) is 1.63. The number of carbonyl (C=O) groups is 2. The Labute approximate surface area is 197 Å². The number of anilines is 1. The smallest absolute Gasteiger partial charge is 0.270 e. The van der Waals surface area contributed by atoms with Gasteiger partial charge in [-0.05, 0) is 105 Å². The number of rotatable bonds is 3. The Hall–Kier alpha value is -3.22. The minimum atomic E-state index is -0.503. The van der Waals surface area contributed by atoms with E-state index in [0.717, 1.165) is 33.8 Å². The van der Waals surface area contributed by atoms with Crippen molar-refractivity contribution in [2.75, 3.05) is 4.90 Å². The molecule has 32 heavy (non-hydrogen) atoms. The van der Waals surface area contributed by atoms with E-state index in [4.69, 9.17) is 23.8 Å². The summed E-state index contributed by atoms with van der Waals surface area (Å²) < 4.78 is 2.06. The van der Waals surface area contributed by atoms with Gasteiger partial charge in [0.05, 0.1) is 5.69 Å². The fourth-order valence-corrected chi connectivity index (χ4v) is 4.46. The second kappa shape index (κ2) is 8.37. The molecule has 1 aliphatic rings. The van der Waals surface area contributed by atoms with Crippen molar-refractivity contribution < 1.29 is 9.59 Å². The van der Waals surface area contributed by atoms with Crippen LogP contribution in [0.2, 0.25) is 5.02 Å². The quantitative estimate of drug-likeness (QED) is 0.330. The molecule has 0 radical (unpaired) electrons. The lowest BCUT2D eigenvalue weighted by molar-refractivity contribution is -0.122. The number of nitrogens with one attached hydrogen (secondary N) is 1. The maximum absolute atomic E-state index is 13.4. The van der Waals surface area contributed by atoms with E-state index >= 15 is 0 Å². The summed E-state index contributed by atoms with van der Waals surface area (Å²) in [5.41, 5.74) is 6.29. The minimum absolute atomic E-state index is 0.0362. The molecule has 0 saturated carbocycles. The summed E-state index contributed by atoms with van der Waals surface area (Å²) in [5.74, 6) is -0.947. The number of thiocarbonyl (C=S) groups is 1. The highest BCUT2D eigenvalue weighted by atomic mass is 35.5. The Morgan fingerprint density at radius 2 is 1.53 bits per heavy atom. The largest absolute Gasteiger partial charge is 0.318 e. The lowest BCUT2D eigenvalue weighted by Gasteiger charge is -2.29. The molecular weight excluding hydrogens is 442 g/mol. The van der Waals surface area contributed by atoms with Gasteiger partial charge in [-0.3, -0.25) is 19.8 Å². The second-order valence-corrected chi connectivity index (χ2v) is 8.77. The Bertz CT molecular complexity index is 1290. The van der Waals surface area contributed by atoms with Crippen molar-refractivity contribution in [1.82, 2.24) is 9.88 Å². The van der Waals surface area contributed by atoms with E-state index in [-0.39, 0.29) is 10.7 Å². The summed E-state index contributed by atoms with van der Waals surface area (Å²) in [6.45, 7) is 7.83. The van der Waals surface area contributed by atoms with Crippen molar-refractivity contribution >= 4 is 52.5 Å². The zero-order chi connectivity index (χ0) is 23.2. The van der Waals surface area contributed by atoms with Crippen LogP contribution in [0.15, 0.2) is 54.1 Å². The summed E-state index contributed by atoms with van der Waals surface area (Å²) in [5, 5.41) is 3.39. The van der Waals surface area contributed by atoms with Gasteiger partial charge in [0.1, 0.15) is 5.57 Å². The first kappa shape index (κ1) is 22.0. The van der Waals surface area contributed by atoms with Gasteiger partial charge in [-0.2, -0.15) is 0 Å². The monoisotopic (exact) mass is 463 g/mol. The van der Waals surface area contributed by atoms with Gasteiger partial charge in [0.2, 0.25) is 0 Å². The Morgan fingerprint density at radius 1 is 0.906 bits per heavy atom. The van der Waals surface area contributed by atoms with Gasteiger partial charge in [0.15, 0.2) is 5.11 Å². The molecule has 1 saturated heterocycles. The minimum Gasteiger partial charge on any atom is -0.318 e. The summed E-state index contributed by atoms with van der Waals surface area (Å²) in [7, 11) is 0. The zero-order valence-electron chi connectivity index (χ0n) is 18.2. The maximum atomic E-state index is 13.4. The average Bonchev–Trinajstić information content (AvgIpc) is 2.98. The number of aromatic nitrogens is 1. The molecule has 5 nitrogen and oxygen atoms in total. The predicted octanol–water partition coefficient (Wildman–Crippen LogP) is 5.20. The molecule has 7 heteroatoms. The molecule has 0 bridgehead atoms. The number of aryl methyl sites for hydroxylation is 3. The number of hydrogen-bond donors (Lipinski definition) is 1. The lowest BCUT2D eigenvalue weighted by atomic mass is 10.1. The normalized spacial score (nSPS) is 15.5. The Balaban J connectivity index is 1.77. The van der Waals surface area contributed by atoms with Gasteiger partial charge in [-0.1, -0.05) is 17.7 Å². The Kier molecular flexibility index (Phi) is 5.75. The number of carbonyl (C=O) groups excluding carboxylic acids is 2. The fourth-order valence-electron chi connectivity index (χ4n) is 4.05. The molecule has 1 fully saturated rings. The van der Waals surface area contributed by atoms with Gasteiger partial charge in [-0.25, -0.2) is 0 Å². The van der Waals surface area contributed by atoms with Crippen LogP contribution in [0.1, 0.15) is 28.1 Å². The van der Waals surface area contributed by atoms with E-state index in [1.807, 2.05) is 76.2 Å². The number of amides is 2. The van der Waals surface area contributed by atoms with Gasteiger partial charge in [-0.15, -0.1) is 0 Å². The molecule has 2 amide bonds. The van der Waals surface area contributed by atoms with Gasteiger partial charge in [0.25, 0.3) is 11.8 Å². The average molecular weight is 464 g/mol. The Morgan fingerprint density at radius 3 is 2.16 bits per heavy atom. The van der Waals surface area contributed by atoms with Crippen LogP contribution in [0, 0.1) is 27.7 Å². The molecule has 162 valence electrons. The van der Waals surface area contributed by atoms with Gasteiger partial charge in [0, 0.05) is 22.1 Å². The molecule has 0 unspecified atom stereocenters. The standard InChI is InChI=1S/C25H22ClN3O2S/c1-14-9-15(2)11-21(10-14)29-24(31)22(23(30)27-25(29)32)13-18-12-16(3)28(17(18)4)20-7-5-19(26)6-8-20/h5-13H,1-4H3,(H,27,30,32)/b22-13+. The molecule has 4 rings (SSSR count). The molecule has 0 spiro atoms. The SMILES string of the molecule is Cc1cc(C)cc(N2C(=O)/C(=C/c3cc(C)n(-c4ccc(Cl)cc4)c3C)C(=O)NC2=S)c1. The van der Waals surface area contributed by atoms with E-state index < -0.39 is 11.8 Å². The lowest BCUT2D eigenvalue weighted by Crippen LogP contribution is -2.54. The van der Waals surface area contributed by atoms with Gasteiger partial charge < -0.3 is 4.57 Å². The predicted molar refractivity (Wildman–Crippen MR) is 132 cm³/mol. The van der Waals surface area contributed by atoms with Crippen LogP contribution in [-0.2, 0) is 9.59 Å². The zero-order valence-corrected chi connectivity index (χ0v) is 19.8. The number of hydrogen-bond acceptors (Lipinski definition) is 3. The molecule has 1 aromatic heterocycles. The first-order chi connectivity index (χ1) is 15.2. The summed E-state index contributed by atoms with van der Waals surface area (Å²) in [6, 6.07) is 15.2. The van der Waals surface area contributed by atoms with Crippen LogP contribution in [0.5, 0.6) is 0 Å². The highest BCUT2D eigenvalue weighted by molar-refractivity contribution is 7.80. The molecule has 0 atom stereocenters. The van der Waals surface area contributed by atoms with Crippen LogP contribution in [0.3, 0.4) is 0 Å². The maximum Gasteiger partial charge on any atom is 0.270 e. The molecular formula is C25H22ClN3O2S. The van der Waals surface area contributed by atoms with E-state index in [9.17, 15) is 9.59 Å². The van der Waals surface area contributed by atoms with Gasteiger partial charge >= 0.3 is 0 Å². The molecule has 2 heterocycles. The highest BCUT2D eigenvalue weighted by Crippen LogP contribution is 2.27. The third-order valence-electron chi connectivity index (χ3n) is 5.42. The van der Waals surface area contributed by atoms with Crippen LogP contribution >= 0.6 is 23.8 Å². The second-order valence-electron chi connectivity index (χ2n) is 7.94. The van der Waals surface area contributed by atoms with E-state index in [2.05, 4.69) is 9.88 Å². The van der Waals surface area contributed by atoms with E-state index in [0.29, 0.717) is 10.7 Å². The molecule has 1 aliphatic heterocycles. The van der Waals surface area contributed by atoms with Crippen LogP contribution in [0.4, 0.5) is 5.69 Å². The number of halogens is 1. The molecule has 3 aromatic rings. The van der Waals surface area contributed by atoms with Crippen LogP contribution in [-0.4, -0.2) is 21.5 Å². The molecule has 0 aliphatic carbocycles. The van der Waals surface area contributed by atoms with E-state index in [1.165, 1.54) is 4.90 Å². The van der Waals surface area contributed by atoms with Crippen molar-refractivity contribution in [2.45, 2.75) is 27.7 Å². The third kappa shape index (κ3) is 3.99. The van der Waals surface area contributed by atoms with Crippen molar-refractivity contribution in [2.24, 2.45) is 0 Å². The van der Waals surface area contributed by atoms with Crippen molar-refractivity contribution in [3.63, 3.8) is 0 Å². The topological polar surface area (TPSA) is 54.3 Å². The van der Waals surface area contributed by atoms with Crippen molar-refractivity contribution in [1.29, 1.82) is 0 Å². The van der Waals surface area contributed by atoms with E-state index in [1.54, 1.807) is 6.08 Å². The third-order valence-corrected chi connectivity index (χ3v) is 5.96. The first-order valence-electron chi connectivity index (χ1n) is 10.1. The van der Waals surface area contributed by atoms with Crippen molar-refractivity contribution in [3.05, 3.63) is 87.2 Å². The first-order valence-corrected chi connectivity index (χ1v) is 10.9. The fraction of sp³-hybridized carbons (Fsp3) is 0.160. The number of nitrogens with zero attached hydrogens (tertiary/aromatic N) is 2. The van der Waals surface area contributed by atoms with Crippen molar-refractivity contribution in [3.8, 4) is 5.69 Å².